The Morgan fingerprint density at radius 3 is 2.44 bits per heavy atom. The number of hydrogen-bond acceptors (Lipinski definition) is 4. The number of hydrogen-bond donors (Lipinski definition) is 2. The Morgan fingerprint density at radius 2 is 1.72 bits per heavy atom. The molecule has 0 saturated carbocycles. The van der Waals surface area contributed by atoms with Crippen molar-refractivity contribution >= 4 is 17.4 Å². The summed E-state index contributed by atoms with van der Waals surface area (Å²) in [5, 5.41) is 6.18. The lowest BCUT2D eigenvalue weighted by molar-refractivity contribution is -0.116. The van der Waals surface area contributed by atoms with E-state index in [1.54, 1.807) is 0 Å². The van der Waals surface area contributed by atoms with Gasteiger partial charge >= 0.3 is 0 Å². The predicted molar refractivity (Wildman–Crippen MR) is 137 cm³/mol. The average molecular weight is 483 g/mol. The molecule has 3 aromatic rings. The van der Waals surface area contributed by atoms with Crippen molar-refractivity contribution in [2.24, 2.45) is 0 Å². The van der Waals surface area contributed by atoms with Crippen LogP contribution < -0.4 is 15.4 Å². The van der Waals surface area contributed by atoms with Crippen LogP contribution in [0.5, 0.6) is 5.75 Å². The Kier molecular flexibility index (Phi) is 6.67. The molecule has 1 aliphatic carbocycles. The molecule has 0 radical (unpaired) electrons. The van der Waals surface area contributed by atoms with Gasteiger partial charge in [0.15, 0.2) is 5.78 Å². The number of nitrogens with one attached hydrogen (secondary N) is 2. The quantitative estimate of drug-likeness (QED) is 0.452. The minimum absolute atomic E-state index is 0.0535. The van der Waals surface area contributed by atoms with Gasteiger partial charge in [0.05, 0.1) is 0 Å². The molecule has 5 rings (SSSR count). The van der Waals surface area contributed by atoms with Gasteiger partial charge in [-0.25, -0.2) is 4.39 Å². The number of dihydropyridines is 1. The molecular weight excluding hydrogens is 455 g/mol. The molecule has 3 aromatic carbocycles. The van der Waals surface area contributed by atoms with Gasteiger partial charge in [-0.2, -0.15) is 0 Å². The summed E-state index contributed by atoms with van der Waals surface area (Å²) >= 11 is 0. The Balaban J connectivity index is 1.45. The number of carbonyl (C=O) groups excluding carboxylic acids is 2. The smallest absolute Gasteiger partial charge is 0.254 e. The summed E-state index contributed by atoms with van der Waals surface area (Å²) in [6.45, 7) is 2.30. The number of halogens is 1. The first-order valence-electron chi connectivity index (χ1n) is 12.1. The van der Waals surface area contributed by atoms with Crippen LogP contribution in [0.2, 0.25) is 0 Å². The van der Waals surface area contributed by atoms with Gasteiger partial charge in [-0.15, -0.1) is 0 Å². The maximum Gasteiger partial charge on any atom is 0.254 e. The largest absolute Gasteiger partial charge is 0.489 e. The summed E-state index contributed by atoms with van der Waals surface area (Å²) in [6, 6.07) is 23.1. The summed E-state index contributed by atoms with van der Waals surface area (Å²) in [6.07, 6.45) is 2.01. The minimum Gasteiger partial charge on any atom is -0.489 e. The zero-order valence-electron chi connectivity index (χ0n) is 20.0. The molecule has 0 saturated heterocycles. The molecule has 1 aliphatic heterocycles. The van der Waals surface area contributed by atoms with Crippen LogP contribution in [0.4, 0.5) is 10.1 Å². The van der Waals surface area contributed by atoms with E-state index in [0.717, 1.165) is 29.7 Å². The summed E-state index contributed by atoms with van der Waals surface area (Å²) in [5.74, 6) is -0.446. The third-order valence-electron chi connectivity index (χ3n) is 6.58. The first-order chi connectivity index (χ1) is 17.5. The number of benzene rings is 3. The number of Topliss-reactive ketones (excluding diaryl/α,β-unsaturated/α-hetero) is 1. The van der Waals surface area contributed by atoms with Gasteiger partial charge in [0.25, 0.3) is 5.91 Å². The lowest BCUT2D eigenvalue weighted by Crippen LogP contribution is -2.35. The number of rotatable bonds is 6. The third-order valence-corrected chi connectivity index (χ3v) is 6.58. The van der Waals surface area contributed by atoms with Gasteiger partial charge in [-0.05, 0) is 67.3 Å². The standard InChI is InChI=1S/C30H27FN2O3/c1-19-27(30(35)33-23-14-12-22(31)13-15-23)28(29-25(32-19)8-5-9-26(29)34)21-10-16-24(17-11-21)36-18-20-6-3-2-4-7-20/h2-4,6-7,10-17,28,32H,5,8-9,18H2,1H3,(H,33,35). The fourth-order valence-corrected chi connectivity index (χ4v) is 4.85. The van der Waals surface area contributed by atoms with Crippen molar-refractivity contribution in [1.82, 2.24) is 5.32 Å². The van der Waals surface area contributed by atoms with Crippen LogP contribution in [-0.2, 0) is 16.2 Å². The first-order valence-corrected chi connectivity index (χ1v) is 12.1. The fraction of sp³-hybridized carbons (Fsp3) is 0.200. The Hall–Kier alpha value is -4.19. The molecule has 2 N–H and O–H groups in total. The van der Waals surface area contributed by atoms with Crippen molar-refractivity contribution in [2.45, 2.75) is 38.7 Å². The SMILES string of the molecule is CC1=C(C(=O)Nc2ccc(F)cc2)C(c2ccc(OCc3ccccc3)cc2)C2=C(CCCC2=O)N1. The normalized spacial score (nSPS) is 17.4. The van der Waals surface area contributed by atoms with E-state index < -0.39 is 5.92 Å². The van der Waals surface area contributed by atoms with Gasteiger partial charge in [0.1, 0.15) is 18.2 Å². The average Bonchev–Trinajstić information content (AvgIpc) is 2.89. The predicted octanol–water partition coefficient (Wildman–Crippen LogP) is 6.01. The van der Waals surface area contributed by atoms with E-state index in [4.69, 9.17) is 4.74 Å². The molecule has 182 valence electrons. The minimum atomic E-state index is -0.502. The topological polar surface area (TPSA) is 67.4 Å². The monoisotopic (exact) mass is 482 g/mol. The van der Waals surface area contributed by atoms with Crippen molar-refractivity contribution < 1.29 is 18.7 Å². The maximum atomic E-state index is 13.5. The molecule has 1 heterocycles. The molecule has 1 amide bonds. The van der Waals surface area contributed by atoms with Crippen molar-refractivity contribution in [1.29, 1.82) is 0 Å². The second-order valence-electron chi connectivity index (χ2n) is 9.07. The van der Waals surface area contributed by atoms with Crippen LogP contribution in [0, 0.1) is 5.82 Å². The van der Waals surface area contributed by atoms with Crippen molar-refractivity contribution in [3.05, 3.63) is 118 Å². The molecule has 6 heteroatoms. The Labute approximate surface area is 209 Å². The van der Waals surface area contributed by atoms with E-state index in [-0.39, 0.29) is 17.5 Å². The van der Waals surface area contributed by atoms with Crippen molar-refractivity contribution in [3.63, 3.8) is 0 Å². The highest BCUT2D eigenvalue weighted by Crippen LogP contribution is 2.42. The second-order valence-corrected chi connectivity index (χ2v) is 9.07. The summed E-state index contributed by atoms with van der Waals surface area (Å²) in [5.41, 5.74) is 5.12. The molecule has 0 fully saturated rings. The van der Waals surface area contributed by atoms with E-state index in [0.29, 0.717) is 41.3 Å². The highest BCUT2D eigenvalue weighted by Gasteiger charge is 2.38. The molecule has 36 heavy (non-hydrogen) atoms. The molecule has 2 aliphatic rings. The third kappa shape index (κ3) is 4.93. The Morgan fingerprint density at radius 1 is 1.00 bits per heavy atom. The summed E-state index contributed by atoms with van der Waals surface area (Å²) in [4.78, 5) is 26.6. The van der Waals surface area contributed by atoms with Crippen LogP contribution >= 0.6 is 0 Å². The van der Waals surface area contributed by atoms with Crippen molar-refractivity contribution in [3.8, 4) is 5.75 Å². The summed E-state index contributed by atoms with van der Waals surface area (Å²) in [7, 11) is 0. The maximum absolute atomic E-state index is 13.5. The molecule has 0 bridgehead atoms. The highest BCUT2D eigenvalue weighted by molar-refractivity contribution is 6.09. The summed E-state index contributed by atoms with van der Waals surface area (Å²) < 4.78 is 19.3. The zero-order chi connectivity index (χ0) is 25.1. The first kappa shape index (κ1) is 23.5. The van der Waals surface area contributed by atoms with E-state index >= 15 is 0 Å². The molecule has 0 aromatic heterocycles. The fourth-order valence-electron chi connectivity index (χ4n) is 4.85. The second kappa shape index (κ2) is 10.2. The van der Waals surface area contributed by atoms with Gasteiger partial charge in [0, 0.05) is 40.6 Å². The number of ether oxygens (including phenoxy) is 1. The van der Waals surface area contributed by atoms with Crippen LogP contribution in [0.25, 0.3) is 0 Å². The molecule has 5 nitrogen and oxygen atoms in total. The van der Waals surface area contributed by atoms with Gasteiger partial charge in [0.2, 0.25) is 0 Å². The van der Waals surface area contributed by atoms with Gasteiger partial charge < -0.3 is 15.4 Å². The number of carbonyl (C=O) groups is 2. The Bertz CT molecular complexity index is 1340. The van der Waals surface area contributed by atoms with E-state index in [9.17, 15) is 14.0 Å². The van der Waals surface area contributed by atoms with Gasteiger partial charge in [-0.1, -0.05) is 42.5 Å². The molecule has 1 atom stereocenters. The number of allylic oxidation sites excluding steroid dienone is 3. The molecular formula is C30H27FN2O3. The molecule has 0 spiro atoms. The number of ketones is 1. The van der Waals surface area contributed by atoms with Crippen LogP contribution in [-0.4, -0.2) is 11.7 Å². The van der Waals surface area contributed by atoms with E-state index in [1.165, 1.54) is 24.3 Å². The van der Waals surface area contributed by atoms with Crippen LogP contribution in [0.3, 0.4) is 0 Å². The van der Waals surface area contributed by atoms with Gasteiger partial charge in [-0.3, -0.25) is 9.59 Å². The van der Waals surface area contributed by atoms with Crippen molar-refractivity contribution in [2.75, 3.05) is 5.32 Å². The number of amides is 1. The highest BCUT2D eigenvalue weighted by atomic mass is 19.1. The van der Waals surface area contributed by atoms with Crippen LogP contribution in [0.15, 0.2) is 101 Å². The lowest BCUT2D eigenvalue weighted by Gasteiger charge is -2.34. The van der Waals surface area contributed by atoms with E-state index in [1.807, 2.05) is 61.5 Å². The van der Waals surface area contributed by atoms with E-state index in [2.05, 4.69) is 10.6 Å². The molecule has 1 unspecified atom stereocenters. The zero-order valence-corrected chi connectivity index (χ0v) is 20.0. The number of anilines is 1. The lowest BCUT2D eigenvalue weighted by atomic mass is 9.75. The van der Waals surface area contributed by atoms with Crippen LogP contribution in [0.1, 0.15) is 43.2 Å².